The molecule has 1 saturated heterocycles. The smallest absolute Gasteiger partial charge is 0.147 e. The van der Waals surface area contributed by atoms with E-state index >= 15 is 0 Å². The van der Waals surface area contributed by atoms with Crippen LogP contribution in [0, 0.1) is 17.1 Å². The molecule has 2 rings (SSSR count). The zero-order valence-electron chi connectivity index (χ0n) is 10.1. The maximum Gasteiger partial charge on any atom is 0.147 e. The first kappa shape index (κ1) is 11.9. The van der Waals surface area contributed by atoms with Crippen LogP contribution in [0.4, 0.5) is 10.1 Å². The lowest BCUT2D eigenvalue weighted by atomic mass is 10.1. The molecule has 1 N–H and O–H groups in total. The summed E-state index contributed by atoms with van der Waals surface area (Å²) in [4.78, 5) is 2.25. The number of hydrogen-bond acceptors (Lipinski definition) is 3. The summed E-state index contributed by atoms with van der Waals surface area (Å²) in [5.74, 6) is -0.355. The molecule has 0 aliphatic carbocycles. The second-order valence-corrected chi connectivity index (χ2v) is 4.67. The molecule has 1 fully saturated rings. The van der Waals surface area contributed by atoms with Crippen molar-refractivity contribution < 1.29 is 4.39 Å². The molecule has 0 radical (unpaired) electrons. The van der Waals surface area contributed by atoms with Gasteiger partial charge in [0.1, 0.15) is 5.82 Å². The Labute approximate surface area is 101 Å². The van der Waals surface area contributed by atoms with Gasteiger partial charge in [-0.2, -0.15) is 5.26 Å². The molecular weight excluding hydrogens is 217 g/mol. The van der Waals surface area contributed by atoms with Gasteiger partial charge in [-0.05, 0) is 38.6 Å². The van der Waals surface area contributed by atoms with Crippen molar-refractivity contribution in [1.82, 2.24) is 4.90 Å². The molecule has 0 amide bonds. The molecule has 17 heavy (non-hydrogen) atoms. The Kier molecular flexibility index (Phi) is 3.30. The minimum Gasteiger partial charge on any atom is -0.379 e. The lowest BCUT2D eigenvalue weighted by Crippen LogP contribution is -2.25. The van der Waals surface area contributed by atoms with Gasteiger partial charge in [-0.1, -0.05) is 0 Å². The predicted octanol–water partition coefficient (Wildman–Crippen LogP) is 2.20. The van der Waals surface area contributed by atoms with Crippen molar-refractivity contribution in [3.8, 4) is 6.07 Å². The lowest BCUT2D eigenvalue weighted by Gasteiger charge is -2.14. The molecule has 1 aromatic rings. The number of likely N-dealkylation sites (tertiary alicyclic amines) is 1. The summed E-state index contributed by atoms with van der Waals surface area (Å²) in [5, 5.41) is 11.9. The highest BCUT2D eigenvalue weighted by atomic mass is 19.1. The Morgan fingerprint density at radius 3 is 2.82 bits per heavy atom. The summed E-state index contributed by atoms with van der Waals surface area (Å²) < 4.78 is 13.7. The van der Waals surface area contributed by atoms with Crippen LogP contribution in [0.25, 0.3) is 0 Å². The van der Waals surface area contributed by atoms with Crippen LogP contribution in [-0.4, -0.2) is 30.6 Å². The molecular formula is C13H16FN3. The number of nitriles is 1. The first-order valence-corrected chi connectivity index (χ1v) is 5.76. The van der Waals surface area contributed by atoms with Crippen molar-refractivity contribution in [2.45, 2.75) is 25.4 Å². The number of halogens is 1. The minimum atomic E-state index is -0.355. The van der Waals surface area contributed by atoms with E-state index in [1.165, 1.54) is 6.07 Å². The third-order valence-corrected chi connectivity index (χ3v) is 3.34. The van der Waals surface area contributed by atoms with E-state index in [0.717, 1.165) is 13.0 Å². The molecule has 1 aromatic carbocycles. The third-order valence-electron chi connectivity index (χ3n) is 3.34. The van der Waals surface area contributed by atoms with E-state index in [2.05, 4.69) is 24.2 Å². The Bertz CT molecular complexity index is 442. The second-order valence-electron chi connectivity index (χ2n) is 4.67. The van der Waals surface area contributed by atoms with Crippen LogP contribution >= 0.6 is 0 Å². The Morgan fingerprint density at radius 2 is 2.29 bits per heavy atom. The lowest BCUT2D eigenvalue weighted by molar-refractivity contribution is 0.330. The molecule has 3 nitrogen and oxygen atoms in total. The maximum absolute atomic E-state index is 13.7. The number of likely N-dealkylation sites (N-methyl/N-ethyl adjacent to an activating group) is 1. The van der Waals surface area contributed by atoms with Crippen LogP contribution in [0.15, 0.2) is 18.2 Å². The van der Waals surface area contributed by atoms with Gasteiger partial charge < -0.3 is 10.2 Å². The van der Waals surface area contributed by atoms with Gasteiger partial charge in [0.05, 0.1) is 17.3 Å². The molecule has 1 heterocycles. The fourth-order valence-electron chi connectivity index (χ4n) is 2.22. The van der Waals surface area contributed by atoms with E-state index in [-0.39, 0.29) is 11.9 Å². The van der Waals surface area contributed by atoms with Gasteiger partial charge in [-0.3, -0.25) is 0 Å². The summed E-state index contributed by atoms with van der Waals surface area (Å²) in [6.07, 6.45) is 1.01. The van der Waals surface area contributed by atoms with Gasteiger partial charge in [0.2, 0.25) is 0 Å². The van der Waals surface area contributed by atoms with E-state index < -0.39 is 0 Å². The first-order chi connectivity index (χ1) is 8.10. The largest absolute Gasteiger partial charge is 0.379 e. The van der Waals surface area contributed by atoms with Gasteiger partial charge in [0.25, 0.3) is 0 Å². The average Bonchev–Trinajstić information content (AvgIpc) is 2.61. The van der Waals surface area contributed by atoms with Crippen molar-refractivity contribution in [2.75, 3.05) is 18.9 Å². The fourth-order valence-corrected chi connectivity index (χ4v) is 2.22. The average molecular weight is 233 g/mol. The fraction of sp³-hybridized carbons (Fsp3) is 0.462. The number of anilines is 1. The highest BCUT2D eigenvalue weighted by Gasteiger charge is 2.26. The molecule has 0 spiro atoms. The van der Waals surface area contributed by atoms with E-state index in [9.17, 15) is 4.39 Å². The van der Waals surface area contributed by atoms with Gasteiger partial charge in [0.15, 0.2) is 0 Å². The Morgan fingerprint density at radius 1 is 1.53 bits per heavy atom. The van der Waals surface area contributed by atoms with Crippen molar-refractivity contribution >= 4 is 5.69 Å². The Hall–Kier alpha value is -1.60. The molecule has 4 heteroatoms. The van der Waals surface area contributed by atoms with Crippen molar-refractivity contribution in [3.63, 3.8) is 0 Å². The predicted molar refractivity (Wildman–Crippen MR) is 65.2 cm³/mol. The van der Waals surface area contributed by atoms with Gasteiger partial charge in [0, 0.05) is 18.6 Å². The number of hydrogen-bond donors (Lipinski definition) is 1. The van der Waals surface area contributed by atoms with E-state index in [0.29, 0.717) is 17.3 Å². The van der Waals surface area contributed by atoms with Crippen LogP contribution in [0.3, 0.4) is 0 Å². The highest BCUT2D eigenvalue weighted by molar-refractivity contribution is 5.49. The van der Waals surface area contributed by atoms with Crippen LogP contribution < -0.4 is 5.32 Å². The maximum atomic E-state index is 13.7. The number of nitrogens with zero attached hydrogens (tertiary/aromatic N) is 2. The van der Waals surface area contributed by atoms with Gasteiger partial charge >= 0.3 is 0 Å². The number of benzene rings is 1. The van der Waals surface area contributed by atoms with Crippen molar-refractivity contribution in [2.24, 2.45) is 0 Å². The first-order valence-electron chi connectivity index (χ1n) is 5.76. The summed E-state index contributed by atoms with van der Waals surface area (Å²) in [6, 6.07) is 7.26. The summed E-state index contributed by atoms with van der Waals surface area (Å²) >= 11 is 0. The van der Waals surface area contributed by atoms with E-state index in [4.69, 9.17) is 5.26 Å². The molecule has 1 aliphatic rings. The van der Waals surface area contributed by atoms with E-state index in [1.54, 1.807) is 12.1 Å². The number of nitrogens with one attached hydrogen (secondary N) is 1. The molecule has 0 bridgehead atoms. The van der Waals surface area contributed by atoms with Crippen LogP contribution in [0.5, 0.6) is 0 Å². The van der Waals surface area contributed by atoms with Crippen LogP contribution in [0.1, 0.15) is 18.9 Å². The van der Waals surface area contributed by atoms with Crippen molar-refractivity contribution in [3.05, 3.63) is 29.6 Å². The quantitative estimate of drug-likeness (QED) is 0.851. The molecule has 2 unspecified atom stereocenters. The summed E-state index contributed by atoms with van der Waals surface area (Å²) in [5.41, 5.74) is 0.835. The zero-order chi connectivity index (χ0) is 12.4. The summed E-state index contributed by atoms with van der Waals surface area (Å²) in [6.45, 7) is 3.08. The minimum absolute atomic E-state index is 0.275. The Balaban J connectivity index is 2.07. The molecule has 0 saturated carbocycles. The highest BCUT2D eigenvalue weighted by Crippen LogP contribution is 2.22. The van der Waals surface area contributed by atoms with Gasteiger partial charge in [-0.25, -0.2) is 4.39 Å². The third kappa shape index (κ3) is 2.56. The standard InChI is InChI=1S/C13H16FN3/c1-9-5-11(8-17(9)2)16-13-4-3-10(7-15)6-12(13)14/h3-4,6,9,11,16H,5,8H2,1-2H3. The van der Waals surface area contributed by atoms with Gasteiger partial charge in [-0.15, -0.1) is 0 Å². The van der Waals surface area contributed by atoms with E-state index in [1.807, 2.05) is 6.07 Å². The van der Waals surface area contributed by atoms with Crippen molar-refractivity contribution in [1.29, 1.82) is 5.26 Å². The molecule has 90 valence electrons. The molecule has 1 aliphatic heterocycles. The second kappa shape index (κ2) is 4.72. The molecule has 0 aromatic heterocycles. The monoisotopic (exact) mass is 233 g/mol. The SMILES string of the molecule is CC1CC(Nc2ccc(C#N)cc2F)CN1C. The zero-order valence-corrected chi connectivity index (χ0v) is 10.1. The molecule has 2 atom stereocenters. The number of rotatable bonds is 2. The van der Waals surface area contributed by atoms with Crippen LogP contribution in [-0.2, 0) is 0 Å². The summed E-state index contributed by atoms with van der Waals surface area (Å²) in [7, 11) is 2.07. The normalized spacial score (nSPS) is 24.6. The van der Waals surface area contributed by atoms with Crippen LogP contribution in [0.2, 0.25) is 0 Å². The topological polar surface area (TPSA) is 39.1 Å².